The Morgan fingerprint density at radius 2 is 1.53 bits per heavy atom. The Bertz CT molecular complexity index is 1850. The zero-order valence-corrected chi connectivity index (χ0v) is 28.3. The highest BCUT2D eigenvalue weighted by atomic mass is 16.7. The van der Waals surface area contributed by atoms with Crippen LogP contribution in [0.1, 0.15) is 39.9 Å². The normalized spacial score (nSPS) is 23.5. The summed E-state index contributed by atoms with van der Waals surface area (Å²) in [7, 11) is 9.90. The van der Waals surface area contributed by atoms with Gasteiger partial charge in [0, 0.05) is 23.7 Å². The van der Waals surface area contributed by atoms with Gasteiger partial charge in [0.25, 0.3) is 0 Å². The van der Waals surface area contributed by atoms with E-state index in [9.17, 15) is 10.1 Å². The van der Waals surface area contributed by atoms with Crippen LogP contribution in [0.4, 0.5) is 0 Å². The number of nitrogens with zero attached hydrogens (tertiary/aromatic N) is 3. The molecule has 49 heavy (non-hydrogen) atoms. The maximum atomic E-state index is 13.3. The summed E-state index contributed by atoms with van der Waals surface area (Å²) in [6.07, 6.45) is 4.29. The van der Waals surface area contributed by atoms with Gasteiger partial charge in [0.15, 0.2) is 34.5 Å². The van der Waals surface area contributed by atoms with E-state index in [0.717, 1.165) is 33.8 Å². The average Bonchev–Trinajstić information content (AvgIpc) is 3.58. The van der Waals surface area contributed by atoms with Gasteiger partial charge in [-0.2, -0.15) is 5.26 Å². The van der Waals surface area contributed by atoms with Crippen molar-refractivity contribution in [1.82, 2.24) is 9.80 Å². The van der Waals surface area contributed by atoms with E-state index in [1.165, 1.54) is 20.3 Å². The largest absolute Gasteiger partial charge is 0.493 e. The molecule has 5 atom stereocenters. The number of carbonyl (C=O) groups is 1. The summed E-state index contributed by atoms with van der Waals surface area (Å²) < 4.78 is 45.3. The second-order valence-corrected chi connectivity index (χ2v) is 12.4. The molecule has 4 aliphatic rings. The zero-order valence-electron chi connectivity index (χ0n) is 28.3. The molecule has 12 nitrogen and oxygen atoms in total. The van der Waals surface area contributed by atoms with Gasteiger partial charge in [-0.15, -0.1) is 0 Å². The number of piperazine rings is 1. The SMILES string of the molecule is COc1cc2c(cc1OC)C(COC(=O)/C=C/c1ccc(OC)c(OC)c1OC)N1C(C2)[C@H]2c3cc4c(cc3C[C@@H]([C@@H]1C#N)N2C)OCO4. The van der Waals surface area contributed by atoms with Gasteiger partial charge in [-0.3, -0.25) is 9.80 Å². The minimum absolute atomic E-state index is 0.0144. The number of carbonyl (C=O) groups excluding carboxylic acids is 1. The Morgan fingerprint density at radius 3 is 2.22 bits per heavy atom. The number of esters is 1. The fourth-order valence-corrected chi connectivity index (χ4v) is 8.03. The van der Waals surface area contributed by atoms with Crippen LogP contribution in [-0.2, 0) is 22.4 Å². The standard InChI is InChI=1S/C37H39N3O9/c1-39-25-11-22-14-32-33(49-19-48-32)16-24(22)35(39)26-12-21-13-30(43-3)31(44-4)15-23(21)28(40(26)27(25)17-38)18-47-34(41)10-8-20-7-9-29(42-2)37(46-6)36(20)45-5/h7-10,13-16,25-28,35H,11-12,18-19H2,1-6H3/b10-8+/t25-,26?,27-,28?,35+/m0/s1. The van der Waals surface area contributed by atoms with Gasteiger partial charge in [-0.25, -0.2) is 4.79 Å². The maximum Gasteiger partial charge on any atom is 0.330 e. The molecule has 0 spiro atoms. The first kappa shape index (κ1) is 32.4. The number of hydrogen-bond acceptors (Lipinski definition) is 12. The molecule has 256 valence electrons. The van der Waals surface area contributed by atoms with E-state index in [1.807, 2.05) is 12.1 Å². The van der Waals surface area contributed by atoms with Crippen molar-refractivity contribution >= 4 is 12.0 Å². The number of likely N-dealkylation sites (N-methyl/N-ethyl adjacent to an activating group) is 1. The van der Waals surface area contributed by atoms with E-state index < -0.39 is 18.1 Å². The van der Waals surface area contributed by atoms with Crippen LogP contribution in [0.2, 0.25) is 0 Å². The first-order chi connectivity index (χ1) is 23.8. The van der Waals surface area contributed by atoms with E-state index in [2.05, 4.69) is 35.0 Å². The van der Waals surface area contributed by atoms with Gasteiger partial charge in [0.05, 0.1) is 53.7 Å². The minimum Gasteiger partial charge on any atom is -0.493 e. The summed E-state index contributed by atoms with van der Waals surface area (Å²) in [4.78, 5) is 17.9. The van der Waals surface area contributed by atoms with Crippen molar-refractivity contribution in [1.29, 1.82) is 5.26 Å². The number of methoxy groups -OCH3 is 5. The number of benzene rings is 3. The van der Waals surface area contributed by atoms with Gasteiger partial charge in [0.2, 0.25) is 12.5 Å². The highest BCUT2D eigenvalue weighted by Gasteiger charge is 2.55. The molecule has 0 amide bonds. The lowest BCUT2D eigenvalue weighted by Crippen LogP contribution is -2.68. The molecule has 0 radical (unpaired) electrons. The molecule has 0 aromatic heterocycles. The molecule has 1 saturated heterocycles. The van der Waals surface area contributed by atoms with E-state index in [1.54, 1.807) is 39.5 Å². The highest BCUT2D eigenvalue weighted by molar-refractivity contribution is 5.88. The summed E-state index contributed by atoms with van der Waals surface area (Å²) in [5.41, 5.74) is 4.91. The van der Waals surface area contributed by atoms with Crippen LogP contribution >= 0.6 is 0 Å². The number of ether oxygens (including phenoxy) is 8. The fraction of sp³-hybridized carbons (Fsp3) is 0.405. The summed E-state index contributed by atoms with van der Waals surface area (Å²) in [5, 5.41) is 10.8. The Balaban J connectivity index is 1.25. The number of hydrogen-bond donors (Lipinski definition) is 0. The third-order valence-electron chi connectivity index (χ3n) is 10.2. The molecule has 0 N–H and O–H groups in total. The predicted octanol–water partition coefficient (Wildman–Crippen LogP) is 4.49. The van der Waals surface area contributed by atoms with Crippen molar-refractivity contribution in [2.24, 2.45) is 0 Å². The summed E-state index contributed by atoms with van der Waals surface area (Å²) >= 11 is 0. The number of rotatable bonds is 9. The molecule has 0 saturated carbocycles. The number of fused-ring (bicyclic) bond motifs is 8. The summed E-state index contributed by atoms with van der Waals surface area (Å²) in [6.45, 7) is 0.203. The molecule has 12 heteroatoms. The second kappa shape index (κ2) is 13.1. The van der Waals surface area contributed by atoms with Gasteiger partial charge in [0.1, 0.15) is 12.6 Å². The molecule has 1 fully saturated rings. The lowest BCUT2D eigenvalue weighted by Gasteiger charge is -2.59. The Labute approximate surface area is 285 Å². The molecule has 3 aromatic carbocycles. The van der Waals surface area contributed by atoms with Crippen molar-refractivity contribution in [3.05, 3.63) is 70.3 Å². The lowest BCUT2D eigenvalue weighted by atomic mass is 9.73. The van der Waals surface area contributed by atoms with Crippen LogP contribution in [0, 0.1) is 11.3 Å². The Hall–Kier alpha value is -5.12. The Kier molecular flexibility index (Phi) is 8.64. The average molecular weight is 670 g/mol. The van der Waals surface area contributed by atoms with Crippen LogP contribution in [0.3, 0.4) is 0 Å². The van der Waals surface area contributed by atoms with Crippen LogP contribution in [0.5, 0.6) is 40.2 Å². The predicted molar refractivity (Wildman–Crippen MR) is 178 cm³/mol. The maximum absolute atomic E-state index is 13.3. The molecule has 0 aliphatic carbocycles. The van der Waals surface area contributed by atoms with Crippen molar-refractivity contribution < 1.29 is 42.7 Å². The summed E-state index contributed by atoms with van der Waals surface area (Å²) in [5.74, 6) is 3.46. The van der Waals surface area contributed by atoms with Crippen molar-refractivity contribution in [2.75, 3.05) is 56.0 Å². The lowest BCUT2D eigenvalue weighted by molar-refractivity contribution is -0.143. The third kappa shape index (κ3) is 5.34. The van der Waals surface area contributed by atoms with Crippen LogP contribution < -0.4 is 33.2 Å². The molecular formula is C37H39N3O9. The molecule has 4 aliphatic heterocycles. The van der Waals surface area contributed by atoms with Gasteiger partial charge < -0.3 is 37.9 Å². The van der Waals surface area contributed by atoms with Crippen LogP contribution in [0.25, 0.3) is 6.08 Å². The minimum atomic E-state index is -0.540. The Morgan fingerprint density at radius 1 is 0.857 bits per heavy atom. The third-order valence-corrected chi connectivity index (χ3v) is 10.2. The first-order valence-corrected chi connectivity index (χ1v) is 16.1. The topological polar surface area (TPSA) is 121 Å². The monoisotopic (exact) mass is 669 g/mol. The quantitative estimate of drug-likeness (QED) is 0.236. The molecule has 2 unspecified atom stereocenters. The van der Waals surface area contributed by atoms with E-state index in [0.29, 0.717) is 47.2 Å². The van der Waals surface area contributed by atoms with Gasteiger partial charge in [-0.1, -0.05) is 0 Å². The highest BCUT2D eigenvalue weighted by Crippen LogP contribution is 2.52. The van der Waals surface area contributed by atoms with Gasteiger partial charge in [-0.05, 0) is 84.6 Å². The summed E-state index contributed by atoms with van der Waals surface area (Å²) in [6, 6.07) is 13.1. The van der Waals surface area contributed by atoms with Crippen molar-refractivity contribution in [3.8, 4) is 46.3 Å². The van der Waals surface area contributed by atoms with Gasteiger partial charge >= 0.3 is 5.97 Å². The molecule has 3 aromatic rings. The fourth-order valence-electron chi connectivity index (χ4n) is 8.03. The number of nitriles is 1. The van der Waals surface area contributed by atoms with Crippen LogP contribution in [-0.4, -0.2) is 89.9 Å². The first-order valence-electron chi connectivity index (χ1n) is 16.1. The van der Waals surface area contributed by atoms with E-state index >= 15 is 0 Å². The molecule has 2 bridgehead atoms. The zero-order chi connectivity index (χ0) is 34.4. The van der Waals surface area contributed by atoms with E-state index in [-0.39, 0.29) is 31.5 Å². The van der Waals surface area contributed by atoms with Crippen molar-refractivity contribution in [3.63, 3.8) is 0 Å². The smallest absolute Gasteiger partial charge is 0.330 e. The molecular weight excluding hydrogens is 630 g/mol. The second-order valence-electron chi connectivity index (χ2n) is 12.4. The molecule has 7 rings (SSSR count). The molecule has 4 heterocycles. The van der Waals surface area contributed by atoms with Crippen LogP contribution in [0.15, 0.2) is 42.5 Å². The van der Waals surface area contributed by atoms with Crippen molar-refractivity contribution in [2.45, 2.75) is 43.1 Å². The van der Waals surface area contributed by atoms with E-state index in [4.69, 9.17) is 37.9 Å².